The van der Waals surface area contributed by atoms with E-state index in [1.54, 1.807) is 16.3 Å². The Morgan fingerprint density at radius 3 is 2.29 bits per heavy atom. The third kappa shape index (κ3) is 5.06. The molecule has 0 radical (unpaired) electrons. The first kappa shape index (κ1) is 36.7. The largest absolute Gasteiger partial charge is 0.257 e. The van der Waals surface area contributed by atoms with Gasteiger partial charge in [-0.2, -0.15) is 9.13 Å². The number of nitrogens with zero attached hydrogens (tertiary/aromatic N) is 2. The fraction of sp³-hybridized carbons (Fsp3) is 0.370. The van der Waals surface area contributed by atoms with E-state index in [0.717, 1.165) is 18.8 Å². The van der Waals surface area contributed by atoms with Crippen molar-refractivity contribution in [3.8, 4) is 33.6 Å². The molecule has 0 amide bonds. The van der Waals surface area contributed by atoms with E-state index in [1.165, 1.54) is 109 Å². The quantitative estimate of drug-likeness (QED) is 0.117. The summed E-state index contributed by atoms with van der Waals surface area (Å²) < 4.78 is 8.54. The zero-order valence-electron chi connectivity index (χ0n) is 35.6. The van der Waals surface area contributed by atoms with Crippen LogP contribution in [-0.2, 0) is 17.4 Å². The third-order valence-electron chi connectivity index (χ3n) is 15.3. The van der Waals surface area contributed by atoms with Gasteiger partial charge in [0.05, 0.1) is 24.6 Å². The summed E-state index contributed by atoms with van der Waals surface area (Å²) >= 11 is 2.03. The van der Waals surface area contributed by atoms with E-state index in [9.17, 15) is 0 Å². The van der Waals surface area contributed by atoms with E-state index in [2.05, 4.69) is 166 Å². The number of aryl methyl sites for hydroxylation is 1. The standard InChI is InChI=1S/C54H58N2SSi/c1-8-53-33-54(45-20-14-12-19-42(45)47-29-39(28-36-16-10-9-11-17-36)49(32-56(47)54)58(5,6)7)52(53)55-31-35(4)44(38-24-22-37(23-25-38)34(2)3)30-46(55)43-27-26-41-40-18-13-15-21-48(40)57-51(41)50(43)53/h12-15,18-27,29-32,34,36,52H,8-11,16-17,28,33H2,1-7H3/q+2. The maximum atomic E-state index is 2.86. The topological polar surface area (TPSA) is 7.76 Å². The predicted molar refractivity (Wildman–Crippen MR) is 247 cm³/mol. The highest BCUT2D eigenvalue weighted by Crippen LogP contribution is 2.69. The van der Waals surface area contributed by atoms with Crippen LogP contribution in [0.1, 0.15) is 105 Å². The lowest BCUT2D eigenvalue weighted by molar-refractivity contribution is -0.859. The first-order chi connectivity index (χ1) is 28.0. The minimum Gasteiger partial charge on any atom is -0.187 e. The van der Waals surface area contributed by atoms with E-state index < -0.39 is 8.07 Å². The minimum atomic E-state index is -1.71. The zero-order valence-corrected chi connectivity index (χ0v) is 37.4. The first-order valence-corrected chi connectivity index (χ1v) is 26.7. The molecule has 0 bridgehead atoms. The van der Waals surface area contributed by atoms with Gasteiger partial charge in [0.15, 0.2) is 12.4 Å². The molecule has 0 N–H and O–H groups in total. The molecular formula is C54H58N2SSi+2. The second-order valence-electron chi connectivity index (χ2n) is 19.9. The van der Waals surface area contributed by atoms with Crippen LogP contribution in [0.5, 0.6) is 0 Å². The molecule has 2 aliphatic heterocycles. The van der Waals surface area contributed by atoms with Gasteiger partial charge in [-0.3, -0.25) is 0 Å². The molecule has 2 nitrogen and oxygen atoms in total. The van der Waals surface area contributed by atoms with Crippen molar-refractivity contribution in [3.05, 3.63) is 137 Å². The van der Waals surface area contributed by atoms with Crippen LogP contribution in [0.2, 0.25) is 19.6 Å². The van der Waals surface area contributed by atoms with E-state index in [4.69, 9.17) is 0 Å². The number of rotatable bonds is 6. The molecule has 4 aromatic carbocycles. The number of benzene rings is 4. The van der Waals surface area contributed by atoms with Crippen LogP contribution >= 0.6 is 11.3 Å². The predicted octanol–water partition coefficient (Wildman–Crippen LogP) is 13.1. The fourth-order valence-electron chi connectivity index (χ4n) is 12.5. The lowest BCUT2D eigenvalue weighted by Gasteiger charge is -2.56. The molecule has 2 aliphatic carbocycles. The lowest BCUT2D eigenvalue weighted by atomic mass is 9.46. The molecule has 4 heteroatoms. The van der Waals surface area contributed by atoms with Crippen LogP contribution in [0.3, 0.4) is 0 Å². The summed E-state index contributed by atoms with van der Waals surface area (Å²) in [6.45, 7) is 17.2. The van der Waals surface area contributed by atoms with Gasteiger partial charge >= 0.3 is 0 Å². The molecule has 3 atom stereocenters. The van der Waals surface area contributed by atoms with Gasteiger partial charge in [-0.25, -0.2) is 0 Å². The summed E-state index contributed by atoms with van der Waals surface area (Å²) in [5, 5.41) is 4.49. The van der Waals surface area contributed by atoms with E-state index in [-0.39, 0.29) is 17.0 Å². The van der Waals surface area contributed by atoms with Crippen molar-refractivity contribution < 1.29 is 9.13 Å². The number of pyridine rings is 2. The lowest BCUT2D eigenvalue weighted by Crippen LogP contribution is -2.81. The van der Waals surface area contributed by atoms with Crippen molar-refractivity contribution in [1.82, 2.24) is 0 Å². The molecule has 4 aliphatic rings. The van der Waals surface area contributed by atoms with Crippen LogP contribution in [0.4, 0.5) is 0 Å². The highest BCUT2D eigenvalue weighted by Gasteiger charge is 2.80. The van der Waals surface area contributed by atoms with Crippen LogP contribution in [0, 0.1) is 12.8 Å². The molecule has 7 aromatic rings. The summed E-state index contributed by atoms with van der Waals surface area (Å²) in [6, 6.07) is 38.5. The summed E-state index contributed by atoms with van der Waals surface area (Å²) in [5.41, 5.74) is 15.6. The Labute approximate surface area is 350 Å². The Bertz CT molecular complexity index is 2800. The number of aromatic nitrogens is 2. The molecule has 3 unspecified atom stereocenters. The zero-order chi connectivity index (χ0) is 39.7. The van der Waals surface area contributed by atoms with E-state index in [1.807, 2.05) is 11.3 Å². The van der Waals surface area contributed by atoms with Gasteiger partial charge in [0.2, 0.25) is 17.4 Å². The monoisotopic (exact) mass is 794 g/mol. The van der Waals surface area contributed by atoms with Crippen molar-refractivity contribution in [2.75, 3.05) is 0 Å². The van der Waals surface area contributed by atoms with Gasteiger partial charge in [-0.05, 0) is 77.6 Å². The highest BCUT2D eigenvalue weighted by atomic mass is 32.1. The first-order valence-electron chi connectivity index (χ1n) is 22.3. The van der Waals surface area contributed by atoms with E-state index >= 15 is 0 Å². The van der Waals surface area contributed by atoms with Crippen LogP contribution in [0.15, 0.2) is 109 Å². The van der Waals surface area contributed by atoms with Gasteiger partial charge in [-0.1, -0.05) is 139 Å². The molecule has 292 valence electrons. The van der Waals surface area contributed by atoms with Gasteiger partial charge < -0.3 is 0 Å². The number of fused-ring (bicyclic) bond motifs is 16. The Hall–Kier alpha value is -4.38. The second kappa shape index (κ2) is 13.1. The Morgan fingerprint density at radius 1 is 0.776 bits per heavy atom. The molecule has 5 heterocycles. The van der Waals surface area contributed by atoms with Gasteiger partial charge in [-0.15, -0.1) is 11.3 Å². The number of thiophene rings is 1. The molecular weight excluding hydrogens is 737 g/mol. The summed E-state index contributed by atoms with van der Waals surface area (Å²) in [5.74, 6) is 1.33. The average molecular weight is 795 g/mol. The molecule has 2 saturated carbocycles. The molecule has 11 rings (SSSR count). The highest BCUT2D eigenvalue weighted by molar-refractivity contribution is 7.26. The summed E-state index contributed by atoms with van der Waals surface area (Å²) in [7, 11) is -1.71. The van der Waals surface area contributed by atoms with Crippen LogP contribution < -0.4 is 14.3 Å². The summed E-state index contributed by atoms with van der Waals surface area (Å²) in [4.78, 5) is 0. The molecule has 2 fully saturated rings. The average Bonchev–Trinajstić information content (AvgIpc) is 3.73. The number of hydrogen-bond donors (Lipinski definition) is 0. The minimum absolute atomic E-state index is 0.0257. The van der Waals surface area contributed by atoms with E-state index in [0.29, 0.717) is 5.92 Å². The summed E-state index contributed by atoms with van der Waals surface area (Å²) in [6.07, 6.45) is 15.7. The Morgan fingerprint density at radius 2 is 1.53 bits per heavy atom. The van der Waals surface area contributed by atoms with Crippen molar-refractivity contribution in [2.24, 2.45) is 5.92 Å². The number of hydrogen-bond acceptors (Lipinski definition) is 1. The van der Waals surface area contributed by atoms with Crippen LogP contribution in [-0.4, -0.2) is 8.07 Å². The third-order valence-corrected chi connectivity index (χ3v) is 18.6. The van der Waals surface area contributed by atoms with Crippen molar-refractivity contribution in [2.45, 2.75) is 122 Å². The maximum absolute atomic E-state index is 2.86. The van der Waals surface area contributed by atoms with Gasteiger partial charge in [0.1, 0.15) is 0 Å². The smallest absolute Gasteiger partial charge is 0.187 e. The molecule has 3 aromatic heterocycles. The SMILES string of the molecule is CCC12CC3(c4ccccc4-c4cc(CC5CCCCC5)c([Si](C)(C)C)c[n+]43)C1[n+]1cc(C)c(-c3ccc(C(C)C)cc3)cc1-c1ccc3c(sc4ccccc43)c12. The second-order valence-corrected chi connectivity index (χ2v) is 26.0. The maximum Gasteiger partial charge on any atom is 0.257 e. The fourth-order valence-corrected chi connectivity index (χ4v) is 15.5. The molecule has 58 heavy (non-hydrogen) atoms. The van der Waals surface area contributed by atoms with Crippen molar-refractivity contribution in [3.63, 3.8) is 0 Å². The van der Waals surface area contributed by atoms with Gasteiger partial charge in [0, 0.05) is 55.0 Å². The van der Waals surface area contributed by atoms with Gasteiger partial charge in [0.25, 0.3) is 5.54 Å². The van der Waals surface area contributed by atoms with Crippen molar-refractivity contribution >= 4 is 44.8 Å². The molecule has 1 spiro atoms. The normalized spacial score (nSPS) is 22.2. The Balaban J connectivity index is 1.19. The Kier molecular flexibility index (Phi) is 8.26. The van der Waals surface area contributed by atoms with Crippen molar-refractivity contribution in [1.29, 1.82) is 0 Å². The molecule has 0 saturated heterocycles. The van der Waals surface area contributed by atoms with Crippen LogP contribution in [0.25, 0.3) is 53.8 Å².